The first-order chi connectivity index (χ1) is 10.2. The minimum atomic E-state index is -0.533. The van der Waals surface area contributed by atoms with E-state index in [-0.39, 0.29) is 12.0 Å². The molecule has 0 aromatic heterocycles. The molecule has 1 fully saturated rings. The average molecular weight is 288 g/mol. The molecular formula is C16H20N2O3. The summed E-state index contributed by atoms with van der Waals surface area (Å²) >= 11 is 0. The molecule has 1 spiro atoms. The number of amides is 2. The van der Waals surface area contributed by atoms with E-state index in [2.05, 4.69) is 5.32 Å². The molecule has 2 amide bonds. The third kappa shape index (κ3) is 2.37. The van der Waals surface area contributed by atoms with Crippen molar-refractivity contribution >= 4 is 12.0 Å². The quantitative estimate of drug-likeness (QED) is 0.849. The number of nitrogens with zero attached hydrogens (tertiary/aromatic N) is 1. The highest BCUT2D eigenvalue weighted by Gasteiger charge is 2.47. The van der Waals surface area contributed by atoms with Crippen LogP contribution in [0.15, 0.2) is 24.3 Å². The van der Waals surface area contributed by atoms with Gasteiger partial charge in [-0.1, -0.05) is 25.1 Å². The molecule has 1 saturated heterocycles. The second kappa shape index (κ2) is 5.39. The Bertz CT molecular complexity index is 562. The first kappa shape index (κ1) is 13.9. The van der Waals surface area contributed by atoms with Crippen molar-refractivity contribution in [2.45, 2.75) is 31.8 Å². The summed E-state index contributed by atoms with van der Waals surface area (Å²) in [5, 5.41) is 2.89. The van der Waals surface area contributed by atoms with Gasteiger partial charge < -0.3 is 15.0 Å². The first-order valence-electron chi connectivity index (χ1n) is 7.52. The van der Waals surface area contributed by atoms with Crippen LogP contribution in [0.25, 0.3) is 0 Å². The molecule has 112 valence electrons. The first-order valence-corrected chi connectivity index (χ1v) is 7.52. The minimum Gasteiger partial charge on any atom is -0.450 e. The molecular weight excluding hydrogens is 268 g/mol. The zero-order valence-corrected chi connectivity index (χ0v) is 12.2. The topological polar surface area (TPSA) is 58.6 Å². The van der Waals surface area contributed by atoms with Crippen molar-refractivity contribution in [3.63, 3.8) is 0 Å². The van der Waals surface area contributed by atoms with Crippen LogP contribution in [0, 0.1) is 0 Å². The van der Waals surface area contributed by atoms with Gasteiger partial charge in [-0.25, -0.2) is 9.59 Å². The standard InChI is InChI=1S/C16H20N2O3/c1-2-9-17-15(20)18-10-7-16(8-11-18)13-6-4-3-5-12(13)14(19)21-16/h3-6H,2,7-11H2,1H3,(H,17,20). The van der Waals surface area contributed by atoms with Crippen molar-refractivity contribution in [2.75, 3.05) is 19.6 Å². The maximum Gasteiger partial charge on any atom is 0.339 e. The molecule has 0 unspecified atom stereocenters. The lowest BCUT2D eigenvalue weighted by molar-refractivity contribution is -0.0369. The second-order valence-electron chi connectivity index (χ2n) is 5.65. The maximum absolute atomic E-state index is 12.0. The summed E-state index contributed by atoms with van der Waals surface area (Å²) in [6.07, 6.45) is 2.25. The van der Waals surface area contributed by atoms with Crippen LogP contribution >= 0.6 is 0 Å². The molecule has 5 nitrogen and oxygen atoms in total. The van der Waals surface area contributed by atoms with Gasteiger partial charge in [-0.3, -0.25) is 0 Å². The number of nitrogens with one attached hydrogen (secondary N) is 1. The van der Waals surface area contributed by atoms with Crippen molar-refractivity contribution in [1.29, 1.82) is 0 Å². The summed E-state index contributed by atoms with van der Waals surface area (Å²) < 4.78 is 5.67. The van der Waals surface area contributed by atoms with Gasteiger partial charge in [0, 0.05) is 38.0 Å². The van der Waals surface area contributed by atoms with Crippen LogP contribution in [0.4, 0.5) is 4.79 Å². The minimum absolute atomic E-state index is 0.0238. The van der Waals surface area contributed by atoms with Gasteiger partial charge in [0.15, 0.2) is 0 Å². The molecule has 0 bridgehead atoms. The molecule has 2 aliphatic heterocycles. The summed E-state index contributed by atoms with van der Waals surface area (Å²) in [6.45, 7) is 3.94. The van der Waals surface area contributed by atoms with E-state index in [1.54, 1.807) is 4.90 Å². The highest BCUT2D eigenvalue weighted by molar-refractivity contribution is 5.94. The summed E-state index contributed by atoms with van der Waals surface area (Å²) in [5.41, 5.74) is 1.11. The molecule has 0 saturated carbocycles. The lowest BCUT2D eigenvalue weighted by Crippen LogP contribution is -2.49. The number of hydrogen-bond donors (Lipinski definition) is 1. The Morgan fingerprint density at radius 2 is 2.05 bits per heavy atom. The predicted molar refractivity (Wildman–Crippen MR) is 78.0 cm³/mol. The molecule has 1 aromatic rings. The van der Waals surface area contributed by atoms with E-state index in [4.69, 9.17) is 4.74 Å². The molecule has 5 heteroatoms. The number of esters is 1. The molecule has 2 aliphatic rings. The highest BCUT2D eigenvalue weighted by Crippen LogP contribution is 2.43. The van der Waals surface area contributed by atoms with Gasteiger partial charge >= 0.3 is 12.0 Å². The Morgan fingerprint density at radius 3 is 2.76 bits per heavy atom. The van der Waals surface area contributed by atoms with Crippen LogP contribution in [0.3, 0.4) is 0 Å². The lowest BCUT2D eigenvalue weighted by Gasteiger charge is -2.38. The summed E-state index contributed by atoms with van der Waals surface area (Å²) in [5.74, 6) is -0.241. The summed E-state index contributed by atoms with van der Waals surface area (Å²) in [7, 11) is 0. The van der Waals surface area contributed by atoms with Crippen molar-refractivity contribution in [2.24, 2.45) is 0 Å². The fraction of sp³-hybridized carbons (Fsp3) is 0.500. The number of carbonyl (C=O) groups excluding carboxylic acids is 2. The predicted octanol–water partition coefficient (Wildman–Crippen LogP) is 2.27. The van der Waals surface area contributed by atoms with E-state index in [1.807, 2.05) is 31.2 Å². The Balaban J connectivity index is 1.72. The number of urea groups is 1. The largest absolute Gasteiger partial charge is 0.450 e. The second-order valence-corrected chi connectivity index (χ2v) is 5.65. The number of rotatable bonds is 2. The van der Waals surface area contributed by atoms with Gasteiger partial charge in [-0.05, 0) is 12.5 Å². The molecule has 0 aliphatic carbocycles. The molecule has 2 heterocycles. The fourth-order valence-corrected chi connectivity index (χ4v) is 3.13. The van der Waals surface area contributed by atoms with Crippen molar-refractivity contribution in [1.82, 2.24) is 10.2 Å². The van der Waals surface area contributed by atoms with Gasteiger partial charge in [-0.15, -0.1) is 0 Å². The van der Waals surface area contributed by atoms with Crippen molar-refractivity contribution in [3.8, 4) is 0 Å². The van der Waals surface area contributed by atoms with E-state index in [0.29, 0.717) is 38.0 Å². The van der Waals surface area contributed by atoms with Gasteiger partial charge in [0.05, 0.1) is 5.56 Å². The molecule has 0 radical (unpaired) electrons. The maximum atomic E-state index is 12.0. The SMILES string of the molecule is CCCNC(=O)N1CCC2(CC1)OC(=O)c1ccccc12. The third-order valence-corrected chi connectivity index (χ3v) is 4.31. The Hall–Kier alpha value is -2.04. The van der Waals surface area contributed by atoms with Crippen molar-refractivity contribution < 1.29 is 14.3 Å². The van der Waals surface area contributed by atoms with Gasteiger partial charge in [0.1, 0.15) is 5.60 Å². The summed E-state index contributed by atoms with van der Waals surface area (Å²) in [6, 6.07) is 7.54. The molecule has 21 heavy (non-hydrogen) atoms. The molecule has 1 aromatic carbocycles. The van der Waals surface area contributed by atoms with E-state index < -0.39 is 5.60 Å². The fourth-order valence-electron chi connectivity index (χ4n) is 3.13. The Kier molecular flexibility index (Phi) is 3.57. The van der Waals surface area contributed by atoms with E-state index in [0.717, 1.165) is 12.0 Å². The number of likely N-dealkylation sites (tertiary alicyclic amines) is 1. The van der Waals surface area contributed by atoms with Crippen LogP contribution < -0.4 is 5.32 Å². The van der Waals surface area contributed by atoms with Gasteiger partial charge in [0.25, 0.3) is 0 Å². The lowest BCUT2D eigenvalue weighted by atomic mass is 9.84. The molecule has 0 atom stereocenters. The number of hydrogen-bond acceptors (Lipinski definition) is 3. The van der Waals surface area contributed by atoms with E-state index in [1.165, 1.54) is 0 Å². The normalized spacial score (nSPS) is 19.3. The number of fused-ring (bicyclic) bond motifs is 2. The van der Waals surface area contributed by atoms with E-state index in [9.17, 15) is 9.59 Å². The van der Waals surface area contributed by atoms with E-state index >= 15 is 0 Å². The van der Waals surface area contributed by atoms with Crippen LogP contribution in [0.5, 0.6) is 0 Å². The average Bonchev–Trinajstić information content (AvgIpc) is 2.79. The monoisotopic (exact) mass is 288 g/mol. The number of ether oxygens (including phenoxy) is 1. The number of carbonyl (C=O) groups is 2. The van der Waals surface area contributed by atoms with Crippen LogP contribution in [0.2, 0.25) is 0 Å². The Labute approximate surface area is 124 Å². The number of piperidine rings is 1. The van der Waals surface area contributed by atoms with Crippen LogP contribution in [0.1, 0.15) is 42.1 Å². The van der Waals surface area contributed by atoms with Gasteiger partial charge in [-0.2, -0.15) is 0 Å². The van der Waals surface area contributed by atoms with Crippen LogP contribution in [-0.4, -0.2) is 36.5 Å². The summed E-state index contributed by atoms with van der Waals surface area (Å²) in [4.78, 5) is 25.8. The zero-order valence-electron chi connectivity index (χ0n) is 12.2. The molecule has 3 rings (SSSR count). The highest BCUT2D eigenvalue weighted by atomic mass is 16.6. The zero-order chi connectivity index (χ0) is 14.9. The third-order valence-electron chi connectivity index (χ3n) is 4.31. The number of benzene rings is 1. The van der Waals surface area contributed by atoms with Crippen molar-refractivity contribution in [3.05, 3.63) is 35.4 Å². The van der Waals surface area contributed by atoms with Crippen LogP contribution in [-0.2, 0) is 10.3 Å². The Morgan fingerprint density at radius 1 is 1.33 bits per heavy atom. The smallest absolute Gasteiger partial charge is 0.339 e. The van der Waals surface area contributed by atoms with Gasteiger partial charge in [0.2, 0.25) is 0 Å². The molecule has 1 N–H and O–H groups in total.